The monoisotopic (exact) mass is 214 g/mol. The SMILES string of the molecule is Cn1cnc(C(O)C2CSCCO2)c1. The van der Waals surface area contributed by atoms with Gasteiger partial charge in [-0.3, -0.25) is 0 Å². The van der Waals surface area contributed by atoms with Gasteiger partial charge in [-0.05, 0) is 0 Å². The second-order valence-electron chi connectivity index (χ2n) is 3.39. The van der Waals surface area contributed by atoms with Crippen molar-refractivity contribution in [2.75, 3.05) is 18.1 Å². The van der Waals surface area contributed by atoms with E-state index in [1.807, 2.05) is 29.6 Å². The standard InChI is InChI=1S/C9H14N2O2S/c1-11-4-7(10-6-11)9(12)8-5-14-3-2-13-8/h4,6,8-9,12H,2-3,5H2,1H3. The van der Waals surface area contributed by atoms with Crippen LogP contribution in [0.3, 0.4) is 0 Å². The number of thioether (sulfide) groups is 1. The van der Waals surface area contributed by atoms with Crippen LogP contribution in [0, 0.1) is 0 Å². The van der Waals surface area contributed by atoms with Crippen molar-refractivity contribution in [3.63, 3.8) is 0 Å². The molecule has 0 radical (unpaired) electrons. The Morgan fingerprint density at radius 2 is 2.64 bits per heavy atom. The smallest absolute Gasteiger partial charge is 0.124 e. The van der Waals surface area contributed by atoms with Crippen LogP contribution in [-0.4, -0.2) is 38.9 Å². The molecule has 1 N–H and O–H groups in total. The van der Waals surface area contributed by atoms with Gasteiger partial charge in [0.25, 0.3) is 0 Å². The molecule has 78 valence electrons. The molecular weight excluding hydrogens is 200 g/mol. The lowest BCUT2D eigenvalue weighted by Crippen LogP contribution is -2.29. The van der Waals surface area contributed by atoms with Gasteiger partial charge in [0, 0.05) is 24.8 Å². The lowest BCUT2D eigenvalue weighted by Gasteiger charge is -2.25. The molecule has 0 saturated carbocycles. The molecule has 5 heteroatoms. The Morgan fingerprint density at radius 3 is 3.21 bits per heavy atom. The minimum atomic E-state index is -0.594. The summed E-state index contributed by atoms with van der Waals surface area (Å²) in [5.74, 6) is 1.86. The van der Waals surface area contributed by atoms with E-state index in [0.717, 1.165) is 18.1 Å². The molecule has 0 aliphatic carbocycles. The van der Waals surface area contributed by atoms with Crippen molar-refractivity contribution in [3.8, 4) is 0 Å². The van der Waals surface area contributed by atoms with E-state index in [4.69, 9.17) is 4.74 Å². The Hall–Kier alpha value is -0.520. The number of rotatable bonds is 2. The molecule has 1 aliphatic heterocycles. The van der Waals surface area contributed by atoms with E-state index >= 15 is 0 Å². The molecule has 0 amide bonds. The highest BCUT2D eigenvalue weighted by molar-refractivity contribution is 7.99. The van der Waals surface area contributed by atoms with Gasteiger partial charge >= 0.3 is 0 Å². The second kappa shape index (κ2) is 4.33. The molecule has 2 atom stereocenters. The second-order valence-corrected chi connectivity index (χ2v) is 4.54. The van der Waals surface area contributed by atoms with Crippen LogP contribution in [0.2, 0.25) is 0 Å². The number of aliphatic hydroxyl groups is 1. The highest BCUT2D eigenvalue weighted by Crippen LogP contribution is 2.23. The van der Waals surface area contributed by atoms with Crippen LogP contribution in [0.25, 0.3) is 0 Å². The first-order valence-electron chi connectivity index (χ1n) is 4.62. The van der Waals surface area contributed by atoms with Gasteiger partial charge in [-0.2, -0.15) is 11.8 Å². The van der Waals surface area contributed by atoms with Crippen molar-refractivity contribution in [3.05, 3.63) is 18.2 Å². The van der Waals surface area contributed by atoms with Crippen molar-refractivity contribution >= 4 is 11.8 Å². The summed E-state index contributed by atoms with van der Waals surface area (Å²) < 4.78 is 7.31. The molecule has 1 aromatic rings. The molecule has 2 heterocycles. The van der Waals surface area contributed by atoms with E-state index in [-0.39, 0.29) is 6.10 Å². The minimum Gasteiger partial charge on any atom is -0.384 e. The van der Waals surface area contributed by atoms with Crippen molar-refractivity contribution in [2.45, 2.75) is 12.2 Å². The summed E-state index contributed by atoms with van der Waals surface area (Å²) in [5.41, 5.74) is 0.694. The molecule has 2 unspecified atom stereocenters. The maximum absolute atomic E-state index is 9.94. The van der Waals surface area contributed by atoms with Crippen molar-refractivity contribution in [1.29, 1.82) is 0 Å². The molecule has 14 heavy (non-hydrogen) atoms. The van der Waals surface area contributed by atoms with Crippen LogP contribution < -0.4 is 0 Å². The maximum Gasteiger partial charge on any atom is 0.124 e. The first-order valence-corrected chi connectivity index (χ1v) is 5.78. The molecule has 4 nitrogen and oxygen atoms in total. The molecule has 1 aromatic heterocycles. The summed E-state index contributed by atoms with van der Waals surface area (Å²) in [7, 11) is 1.89. The third-order valence-corrected chi connectivity index (χ3v) is 3.24. The Morgan fingerprint density at radius 1 is 1.79 bits per heavy atom. The Labute approximate surface area is 87.3 Å². The van der Waals surface area contributed by atoms with Gasteiger partial charge in [0.2, 0.25) is 0 Å². The maximum atomic E-state index is 9.94. The predicted molar refractivity (Wildman–Crippen MR) is 55.2 cm³/mol. The summed E-state index contributed by atoms with van der Waals surface area (Å²) in [6, 6.07) is 0. The normalized spacial score (nSPS) is 24.9. The summed E-state index contributed by atoms with van der Waals surface area (Å²) in [4.78, 5) is 4.11. The number of hydrogen-bond donors (Lipinski definition) is 1. The Bertz CT molecular complexity index is 297. The molecule has 0 spiro atoms. The van der Waals surface area contributed by atoms with Crippen LogP contribution >= 0.6 is 11.8 Å². The van der Waals surface area contributed by atoms with Crippen LogP contribution in [0.5, 0.6) is 0 Å². The Kier molecular flexibility index (Phi) is 3.10. The summed E-state index contributed by atoms with van der Waals surface area (Å²) in [6.45, 7) is 0.721. The predicted octanol–water partition coefficient (Wildman–Crippen LogP) is 0.585. The number of hydrogen-bond acceptors (Lipinski definition) is 4. The summed E-state index contributed by atoms with van der Waals surface area (Å²) in [5, 5.41) is 9.94. The fourth-order valence-corrected chi connectivity index (χ4v) is 2.36. The molecule has 0 aromatic carbocycles. The fraction of sp³-hybridized carbons (Fsp3) is 0.667. The van der Waals surface area contributed by atoms with Gasteiger partial charge in [-0.25, -0.2) is 4.98 Å². The summed E-state index contributed by atoms with van der Waals surface area (Å²) >= 11 is 1.81. The van der Waals surface area contributed by atoms with Crippen LogP contribution in [0.1, 0.15) is 11.8 Å². The Balaban J connectivity index is 2.03. The lowest BCUT2D eigenvalue weighted by molar-refractivity contribution is -0.0244. The van der Waals surface area contributed by atoms with Gasteiger partial charge in [-0.1, -0.05) is 0 Å². The number of imidazole rings is 1. The third-order valence-electron chi connectivity index (χ3n) is 2.22. The van der Waals surface area contributed by atoms with Gasteiger partial charge in [-0.15, -0.1) is 0 Å². The zero-order valence-electron chi connectivity index (χ0n) is 8.09. The van der Waals surface area contributed by atoms with Crippen molar-refractivity contribution < 1.29 is 9.84 Å². The highest BCUT2D eigenvalue weighted by Gasteiger charge is 2.25. The number of aryl methyl sites for hydroxylation is 1. The quantitative estimate of drug-likeness (QED) is 0.782. The van der Waals surface area contributed by atoms with E-state index in [9.17, 15) is 5.11 Å². The van der Waals surface area contributed by atoms with E-state index in [2.05, 4.69) is 4.98 Å². The fourth-order valence-electron chi connectivity index (χ4n) is 1.46. The van der Waals surface area contributed by atoms with E-state index in [0.29, 0.717) is 5.69 Å². The molecule has 1 fully saturated rings. The van der Waals surface area contributed by atoms with Gasteiger partial charge < -0.3 is 14.4 Å². The van der Waals surface area contributed by atoms with Gasteiger partial charge in [0.15, 0.2) is 0 Å². The molecular formula is C9H14N2O2S. The van der Waals surface area contributed by atoms with Crippen molar-refractivity contribution in [2.24, 2.45) is 7.05 Å². The average molecular weight is 214 g/mol. The summed E-state index contributed by atoms with van der Waals surface area (Å²) in [6.07, 6.45) is 2.81. The first-order chi connectivity index (χ1) is 6.77. The first kappa shape index (κ1) is 10.0. The van der Waals surface area contributed by atoms with Gasteiger partial charge in [0.05, 0.1) is 24.7 Å². The lowest BCUT2D eigenvalue weighted by atomic mass is 10.2. The van der Waals surface area contributed by atoms with E-state index in [1.165, 1.54) is 0 Å². The van der Waals surface area contributed by atoms with Crippen molar-refractivity contribution in [1.82, 2.24) is 9.55 Å². The number of nitrogens with zero attached hydrogens (tertiary/aromatic N) is 2. The van der Waals surface area contributed by atoms with E-state index in [1.54, 1.807) is 6.33 Å². The largest absolute Gasteiger partial charge is 0.384 e. The van der Waals surface area contributed by atoms with Gasteiger partial charge in [0.1, 0.15) is 6.10 Å². The number of ether oxygens (including phenoxy) is 1. The topological polar surface area (TPSA) is 47.3 Å². The van der Waals surface area contributed by atoms with E-state index < -0.39 is 6.10 Å². The zero-order chi connectivity index (χ0) is 9.97. The van der Waals surface area contributed by atoms with Crippen LogP contribution in [0.15, 0.2) is 12.5 Å². The number of aromatic nitrogens is 2. The third kappa shape index (κ3) is 2.10. The highest BCUT2D eigenvalue weighted by atomic mass is 32.2. The zero-order valence-corrected chi connectivity index (χ0v) is 8.91. The average Bonchev–Trinajstić information content (AvgIpc) is 2.65. The molecule has 1 saturated heterocycles. The van der Waals surface area contributed by atoms with Crippen LogP contribution in [0.4, 0.5) is 0 Å². The van der Waals surface area contributed by atoms with Crippen LogP contribution in [-0.2, 0) is 11.8 Å². The number of aliphatic hydroxyl groups excluding tert-OH is 1. The molecule has 2 rings (SSSR count). The minimum absolute atomic E-state index is 0.108. The molecule has 0 bridgehead atoms. The molecule has 1 aliphatic rings.